The Morgan fingerprint density at radius 1 is 0.889 bits per heavy atom. The Labute approximate surface area is 129 Å². The van der Waals surface area contributed by atoms with Gasteiger partial charge in [0, 0.05) is 10.5 Å². The smallest absolute Gasteiger partial charge is 0.139 e. The highest BCUT2D eigenvalue weighted by atomic mass is 79.9. The average Bonchev–Trinajstić information content (AvgIpc) is 2.34. The van der Waals surface area contributed by atoms with Crippen molar-refractivity contribution in [3.05, 3.63) is 61.5 Å². The summed E-state index contributed by atoms with van der Waals surface area (Å²) in [4.78, 5) is 0. The molecule has 0 N–H and O–H groups in total. The van der Waals surface area contributed by atoms with Gasteiger partial charge in [0.1, 0.15) is 12.4 Å². The van der Waals surface area contributed by atoms with Gasteiger partial charge in [0.15, 0.2) is 0 Å². The third-order valence-electron chi connectivity index (χ3n) is 2.28. The fourth-order valence-corrected chi connectivity index (χ4v) is 2.21. The number of benzene rings is 2. The van der Waals surface area contributed by atoms with E-state index in [1.807, 2.05) is 24.3 Å². The van der Waals surface area contributed by atoms with Crippen LogP contribution >= 0.6 is 50.7 Å². The molecule has 0 spiro atoms. The quantitative estimate of drug-likeness (QED) is 0.607. The lowest BCUT2D eigenvalue weighted by molar-refractivity contribution is 0.306. The van der Waals surface area contributed by atoms with E-state index in [9.17, 15) is 0 Å². The maximum atomic E-state index is 6.02. The molecule has 94 valence electrons. The Morgan fingerprint density at radius 2 is 1.50 bits per heavy atom. The SMILES string of the molecule is Clc1cc(Cl)c(OCc2ccc(Br)cc2)cc1Cl. The summed E-state index contributed by atoms with van der Waals surface area (Å²) in [7, 11) is 0. The van der Waals surface area contributed by atoms with Crippen LogP contribution in [0.5, 0.6) is 5.75 Å². The van der Waals surface area contributed by atoms with Crippen molar-refractivity contribution in [2.24, 2.45) is 0 Å². The van der Waals surface area contributed by atoms with Crippen molar-refractivity contribution in [2.75, 3.05) is 0 Å². The van der Waals surface area contributed by atoms with E-state index in [0.29, 0.717) is 27.4 Å². The summed E-state index contributed by atoms with van der Waals surface area (Å²) in [5.74, 6) is 0.522. The molecule has 5 heteroatoms. The summed E-state index contributed by atoms with van der Waals surface area (Å²) < 4.78 is 6.63. The minimum Gasteiger partial charge on any atom is -0.487 e. The number of ether oxygens (including phenoxy) is 1. The Hall–Kier alpha value is -0.410. The van der Waals surface area contributed by atoms with Crippen LogP contribution in [0.25, 0.3) is 0 Å². The van der Waals surface area contributed by atoms with E-state index in [-0.39, 0.29) is 0 Å². The fraction of sp³-hybridized carbons (Fsp3) is 0.0769. The Morgan fingerprint density at radius 3 is 2.17 bits per heavy atom. The zero-order valence-electron chi connectivity index (χ0n) is 9.09. The van der Waals surface area contributed by atoms with Crippen LogP contribution in [0.4, 0.5) is 0 Å². The van der Waals surface area contributed by atoms with E-state index in [2.05, 4.69) is 15.9 Å². The fourth-order valence-electron chi connectivity index (χ4n) is 1.36. The molecule has 1 nitrogen and oxygen atoms in total. The van der Waals surface area contributed by atoms with Crippen LogP contribution < -0.4 is 4.74 Å². The van der Waals surface area contributed by atoms with Crippen molar-refractivity contribution in [1.82, 2.24) is 0 Å². The standard InChI is InChI=1S/C13H8BrCl3O/c14-9-3-1-8(2-4-9)7-18-13-6-11(16)10(15)5-12(13)17/h1-6H,7H2. The summed E-state index contributed by atoms with van der Waals surface area (Å²) in [6, 6.07) is 11.0. The highest BCUT2D eigenvalue weighted by molar-refractivity contribution is 9.10. The Balaban J connectivity index is 2.10. The first-order valence-electron chi connectivity index (χ1n) is 5.08. The van der Waals surface area contributed by atoms with Crippen molar-refractivity contribution in [1.29, 1.82) is 0 Å². The normalized spacial score (nSPS) is 10.4. The van der Waals surface area contributed by atoms with Crippen LogP contribution in [-0.4, -0.2) is 0 Å². The number of rotatable bonds is 3. The summed E-state index contributed by atoms with van der Waals surface area (Å²) in [6.45, 7) is 0.422. The van der Waals surface area contributed by atoms with Gasteiger partial charge in [-0.05, 0) is 23.8 Å². The zero-order valence-corrected chi connectivity index (χ0v) is 12.9. The Kier molecular flexibility index (Phi) is 4.79. The molecular formula is C13H8BrCl3O. The van der Waals surface area contributed by atoms with Gasteiger partial charge in [-0.15, -0.1) is 0 Å². The second-order valence-electron chi connectivity index (χ2n) is 3.61. The molecule has 0 saturated heterocycles. The van der Waals surface area contributed by atoms with Crippen molar-refractivity contribution in [3.63, 3.8) is 0 Å². The van der Waals surface area contributed by atoms with Crippen molar-refractivity contribution in [3.8, 4) is 5.75 Å². The second-order valence-corrected chi connectivity index (χ2v) is 5.75. The first kappa shape index (κ1) is 14.0. The summed E-state index contributed by atoms with van der Waals surface area (Å²) in [5, 5.41) is 1.28. The lowest BCUT2D eigenvalue weighted by atomic mass is 10.2. The van der Waals surface area contributed by atoms with Crippen LogP contribution in [0.3, 0.4) is 0 Å². The molecule has 0 saturated carbocycles. The van der Waals surface area contributed by atoms with E-state index in [0.717, 1.165) is 10.0 Å². The van der Waals surface area contributed by atoms with Gasteiger partial charge in [0.2, 0.25) is 0 Å². The largest absolute Gasteiger partial charge is 0.487 e. The van der Waals surface area contributed by atoms with Crippen LogP contribution in [0.2, 0.25) is 15.1 Å². The molecule has 0 radical (unpaired) electrons. The lowest BCUT2D eigenvalue weighted by Crippen LogP contribution is -1.95. The van der Waals surface area contributed by atoms with Gasteiger partial charge in [-0.2, -0.15) is 0 Å². The maximum absolute atomic E-state index is 6.02. The molecule has 0 aliphatic heterocycles. The predicted molar refractivity (Wildman–Crippen MR) is 79.9 cm³/mol. The third kappa shape index (κ3) is 3.55. The van der Waals surface area contributed by atoms with E-state index in [4.69, 9.17) is 39.5 Å². The molecule has 0 aromatic heterocycles. The number of hydrogen-bond acceptors (Lipinski definition) is 1. The molecular weight excluding hydrogens is 358 g/mol. The van der Waals surface area contributed by atoms with Crippen molar-refractivity contribution >= 4 is 50.7 Å². The van der Waals surface area contributed by atoms with Crippen LogP contribution in [0, 0.1) is 0 Å². The van der Waals surface area contributed by atoms with Crippen LogP contribution in [0.15, 0.2) is 40.9 Å². The van der Waals surface area contributed by atoms with Crippen LogP contribution in [0.1, 0.15) is 5.56 Å². The summed E-state index contributed by atoms with van der Waals surface area (Å²) >= 11 is 21.1. The topological polar surface area (TPSA) is 9.23 Å². The minimum atomic E-state index is 0.414. The highest BCUT2D eigenvalue weighted by Gasteiger charge is 2.07. The molecule has 0 unspecified atom stereocenters. The molecule has 0 aliphatic rings. The molecule has 2 aromatic rings. The van der Waals surface area contributed by atoms with E-state index in [1.54, 1.807) is 12.1 Å². The minimum absolute atomic E-state index is 0.414. The highest BCUT2D eigenvalue weighted by Crippen LogP contribution is 2.34. The summed E-state index contributed by atoms with van der Waals surface area (Å²) in [5.41, 5.74) is 1.04. The van der Waals surface area contributed by atoms with Gasteiger partial charge >= 0.3 is 0 Å². The molecule has 0 bridgehead atoms. The first-order chi connectivity index (χ1) is 8.56. The lowest BCUT2D eigenvalue weighted by Gasteiger charge is -2.09. The van der Waals surface area contributed by atoms with Gasteiger partial charge in [0.05, 0.1) is 15.1 Å². The Bertz CT molecular complexity index is 555. The molecule has 0 aliphatic carbocycles. The molecule has 0 atom stereocenters. The van der Waals surface area contributed by atoms with Crippen LogP contribution in [-0.2, 0) is 6.61 Å². The monoisotopic (exact) mass is 364 g/mol. The van der Waals surface area contributed by atoms with E-state index >= 15 is 0 Å². The number of halogens is 4. The van der Waals surface area contributed by atoms with Gasteiger partial charge in [0.25, 0.3) is 0 Å². The third-order valence-corrected chi connectivity index (χ3v) is 3.83. The van der Waals surface area contributed by atoms with Crippen molar-refractivity contribution in [2.45, 2.75) is 6.61 Å². The molecule has 2 rings (SSSR count). The zero-order chi connectivity index (χ0) is 13.1. The second kappa shape index (κ2) is 6.16. The predicted octanol–water partition coefficient (Wildman–Crippen LogP) is 5.99. The van der Waals surface area contributed by atoms with Gasteiger partial charge in [-0.25, -0.2) is 0 Å². The maximum Gasteiger partial charge on any atom is 0.139 e. The molecule has 2 aromatic carbocycles. The van der Waals surface area contributed by atoms with Gasteiger partial charge in [-0.1, -0.05) is 62.9 Å². The van der Waals surface area contributed by atoms with E-state index < -0.39 is 0 Å². The molecule has 0 fully saturated rings. The first-order valence-corrected chi connectivity index (χ1v) is 7.01. The molecule has 0 heterocycles. The van der Waals surface area contributed by atoms with Gasteiger partial charge < -0.3 is 4.74 Å². The molecule has 18 heavy (non-hydrogen) atoms. The average molecular weight is 366 g/mol. The summed E-state index contributed by atoms with van der Waals surface area (Å²) in [6.07, 6.45) is 0. The van der Waals surface area contributed by atoms with Gasteiger partial charge in [-0.3, -0.25) is 0 Å². The van der Waals surface area contributed by atoms with Crippen molar-refractivity contribution < 1.29 is 4.74 Å². The van der Waals surface area contributed by atoms with E-state index in [1.165, 1.54) is 0 Å². The molecule has 0 amide bonds. The number of hydrogen-bond donors (Lipinski definition) is 0.